The van der Waals surface area contributed by atoms with Crippen LogP contribution in [-0.2, 0) is 17.5 Å². The van der Waals surface area contributed by atoms with Crippen molar-refractivity contribution in [3.63, 3.8) is 0 Å². The zero-order chi connectivity index (χ0) is 30.2. The molecule has 2 aliphatic rings. The van der Waals surface area contributed by atoms with Crippen molar-refractivity contribution in [2.24, 2.45) is 11.3 Å². The third-order valence-corrected chi connectivity index (χ3v) is 8.43. The Morgan fingerprint density at radius 1 is 1.02 bits per heavy atom. The largest absolute Gasteiger partial charge is 0.479 e. The first-order chi connectivity index (χ1) is 19.1. The number of rotatable bonds is 7. The smallest absolute Gasteiger partial charge is 0.416 e. The number of hydrogen-bond donors (Lipinski definition) is 3. The minimum atomic E-state index is -4.47. The molecule has 222 valence electrons. The van der Waals surface area contributed by atoms with Crippen molar-refractivity contribution >= 4 is 23.6 Å². The van der Waals surface area contributed by atoms with Crippen molar-refractivity contribution in [2.45, 2.75) is 70.8 Å². The summed E-state index contributed by atoms with van der Waals surface area (Å²) < 4.78 is 39.4. The van der Waals surface area contributed by atoms with Gasteiger partial charge in [-0.15, -0.1) is 0 Å². The van der Waals surface area contributed by atoms with Gasteiger partial charge in [0.1, 0.15) is 0 Å². The van der Waals surface area contributed by atoms with Crippen LogP contribution in [0.2, 0.25) is 0 Å². The predicted molar refractivity (Wildman–Crippen MR) is 146 cm³/mol. The van der Waals surface area contributed by atoms with Gasteiger partial charge in [0.25, 0.3) is 5.91 Å². The Kier molecular flexibility index (Phi) is 8.40. The minimum Gasteiger partial charge on any atom is -0.479 e. The number of halogens is 3. The van der Waals surface area contributed by atoms with E-state index in [1.54, 1.807) is 29.2 Å². The van der Waals surface area contributed by atoms with Gasteiger partial charge in [-0.25, -0.2) is 9.59 Å². The van der Waals surface area contributed by atoms with Gasteiger partial charge in [0, 0.05) is 17.8 Å². The maximum atomic E-state index is 13.8. The Morgan fingerprint density at radius 2 is 1.61 bits per heavy atom. The zero-order valence-electron chi connectivity index (χ0n) is 23.4. The van der Waals surface area contributed by atoms with Gasteiger partial charge in [-0.2, -0.15) is 13.2 Å². The van der Waals surface area contributed by atoms with Crippen molar-refractivity contribution < 1.29 is 37.8 Å². The first kappa shape index (κ1) is 30.4. The summed E-state index contributed by atoms with van der Waals surface area (Å²) in [6.07, 6.45) is -2.79. The van der Waals surface area contributed by atoms with Crippen LogP contribution in [0.5, 0.6) is 0 Å². The number of carboxylic acid groups (broad SMARTS) is 1. The van der Waals surface area contributed by atoms with Crippen molar-refractivity contribution in [2.75, 3.05) is 18.0 Å². The third-order valence-electron chi connectivity index (χ3n) is 8.43. The molecule has 0 bridgehead atoms. The van der Waals surface area contributed by atoms with Crippen LogP contribution in [0.3, 0.4) is 0 Å². The Labute approximate surface area is 237 Å². The second kappa shape index (κ2) is 11.3. The maximum Gasteiger partial charge on any atom is 0.416 e. The van der Waals surface area contributed by atoms with Crippen LogP contribution < -0.4 is 10.2 Å². The molecule has 1 spiro atoms. The zero-order valence-corrected chi connectivity index (χ0v) is 23.4. The number of amides is 3. The summed E-state index contributed by atoms with van der Waals surface area (Å²) in [6, 6.07) is 11.0. The van der Waals surface area contributed by atoms with Crippen LogP contribution in [0.25, 0.3) is 0 Å². The quantitative estimate of drug-likeness (QED) is 0.415. The van der Waals surface area contributed by atoms with Crippen molar-refractivity contribution in [1.29, 1.82) is 0 Å². The molecule has 0 radical (unpaired) electrons. The predicted octanol–water partition coefficient (Wildman–Crippen LogP) is 5.30. The lowest BCUT2D eigenvalue weighted by molar-refractivity contribution is -0.146. The number of aliphatic hydroxyl groups is 1. The van der Waals surface area contributed by atoms with Gasteiger partial charge in [0.05, 0.1) is 24.2 Å². The van der Waals surface area contributed by atoms with E-state index in [0.29, 0.717) is 18.2 Å². The Bertz CT molecular complexity index is 1260. The summed E-state index contributed by atoms with van der Waals surface area (Å²) in [5, 5.41) is 20.5. The van der Waals surface area contributed by atoms with Crippen LogP contribution >= 0.6 is 0 Å². The van der Waals surface area contributed by atoms with E-state index in [-0.39, 0.29) is 23.6 Å². The van der Waals surface area contributed by atoms with E-state index in [0.717, 1.165) is 43.4 Å². The van der Waals surface area contributed by atoms with Gasteiger partial charge >= 0.3 is 18.2 Å². The van der Waals surface area contributed by atoms with Crippen molar-refractivity contribution in [1.82, 2.24) is 10.2 Å². The lowest BCUT2D eigenvalue weighted by Crippen LogP contribution is -2.50. The van der Waals surface area contributed by atoms with Crippen LogP contribution in [0, 0.1) is 11.3 Å². The van der Waals surface area contributed by atoms with Gasteiger partial charge in [-0.1, -0.05) is 32.9 Å². The average Bonchev–Trinajstić information content (AvgIpc) is 3.17. The van der Waals surface area contributed by atoms with Crippen LogP contribution in [-0.4, -0.2) is 57.8 Å². The number of carbonyl (C=O) groups is 3. The molecule has 41 heavy (non-hydrogen) atoms. The number of anilines is 1. The van der Waals surface area contributed by atoms with E-state index in [9.17, 15) is 32.7 Å². The standard InChI is InChI=1S/C30H36F3N3O5/c1-28(2,3)21-12-14-29(15-13-21)18-35(23-10-8-22(9-11-23)30(31,32)33)27(41)36(29)17-19-4-6-20(7-5-19)25(38)34-16-24(37)26(39)40/h4-11,21,24,37H,12-18H2,1-3H3,(H,34,38)(H,39,40). The molecule has 2 aromatic rings. The molecule has 3 N–H and O–H groups in total. The molecule has 0 aromatic heterocycles. The normalized spacial score (nSPS) is 22.2. The Morgan fingerprint density at radius 3 is 2.12 bits per heavy atom. The molecule has 1 unspecified atom stereocenters. The maximum absolute atomic E-state index is 13.8. The molecule has 1 saturated carbocycles. The van der Waals surface area contributed by atoms with Crippen molar-refractivity contribution in [3.05, 3.63) is 65.2 Å². The van der Waals surface area contributed by atoms with E-state index in [1.165, 1.54) is 12.1 Å². The lowest BCUT2D eigenvalue weighted by Gasteiger charge is -2.45. The highest BCUT2D eigenvalue weighted by atomic mass is 19.4. The molecular formula is C30H36F3N3O5. The first-order valence-corrected chi connectivity index (χ1v) is 13.7. The number of carbonyl (C=O) groups excluding carboxylic acids is 2. The van der Waals surface area contributed by atoms with Gasteiger partial charge in [0.2, 0.25) is 0 Å². The summed E-state index contributed by atoms with van der Waals surface area (Å²) in [5.74, 6) is -1.49. The molecule has 2 aromatic carbocycles. The molecule has 1 heterocycles. The molecule has 1 atom stereocenters. The molecule has 4 rings (SSSR count). The Balaban J connectivity index is 1.55. The summed E-state index contributed by atoms with van der Waals surface area (Å²) in [7, 11) is 0. The van der Waals surface area contributed by atoms with Gasteiger partial charge in [0.15, 0.2) is 6.10 Å². The summed E-state index contributed by atoms with van der Waals surface area (Å²) in [4.78, 5) is 40.3. The van der Waals surface area contributed by atoms with Crippen molar-refractivity contribution in [3.8, 4) is 0 Å². The molecule has 2 fully saturated rings. The second-order valence-electron chi connectivity index (χ2n) is 12.1. The fourth-order valence-corrected chi connectivity index (χ4v) is 5.84. The topological polar surface area (TPSA) is 110 Å². The number of aliphatic hydroxyl groups excluding tert-OH is 1. The number of alkyl halides is 3. The molecule has 1 aliphatic heterocycles. The molecule has 3 amide bonds. The van der Waals surface area contributed by atoms with E-state index in [2.05, 4.69) is 26.1 Å². The lowest BCUT2D eigenvalue weighted by atomic mass is 9.67. The number of benzene rings is 2. The van der Waals surface area contributed by atoms with Gasteiger partial charge in [-0.3, -0.25) is 9.69 Å². The molecule has 1 aliphatic carbocycles. The fraction of sp³-hybridized carbons (Fsp3) is 0.500. The van der Waals surface area contributed by atoms with Gasteiger partial charge in [-0.05, 0) is 79.0 Å². The number of nitrogens with zero attached hydrogens (tertiary/aromatic N) is 2. The molecule has 1 saturated heterocycles. The van der Waals surface area contributed by atoms with Crippen LogP contribution in [0.15, 0.2) is 48.5 Å². The van der Waals surface area contributed by atoms with E-state index < -0.39 is 41.8 Å². The SMILES string of the molecule is CC(C)(C)C1CCC2(CC1)CN(c1ccc(C(F)(F)F)cc1)C(=O)N2Cc1ccc(C(=O)NCC(O)C(=O)O)cc1. The van der Waals surface area contributed by atoms with Crippen LogP contribution in [0.4, 0.5) is 23.7 Å². The minimum absolute atomic E-state index is 0.124. The van der Waals surface area contributed by atoms with E-state index in [4.69, 9.17) is 5.11 Å². The van der Waals surface area contributed by atoms with E-state index in [1.807, 2.05) is 4.90 Å². The number of carboxylic acids is 1. The van der Waals surface area contributed by atoms with Gasteiger partial charge < -0.3 is 20.4 Å². The van der Waals surface area contributed by atoms with E-state index >= 15 is 0 Å². The molecular weight excluding hydrogens is 539 g/mol. The number of nitrogens with one attached hydrogen (secondary N) is 1. The molecule has 8 nitrogen and oxygen atoms in total. The monoisotopic (exact) mass is 575 g/mol. The third kappa shape index (κ3) is 6.66. The summed E-state index contributed by atoms with van der Waals surface area (Å²) in [5.41, 5.74) is 0.326. The second-order valence-corrected chi connectivity index (χ2v) is 12.1. The fourth-order valence-electron chi connectivity index (χ4n) is 5.84. The first-order valence-electron chi connectivity index (χ1n) is 13.7. The number of hydrogen-bond acceptors (Lipinski definition) is 4. The highest BCUT2D eigenvalue weighted by molar-refractivity contribution is 5.96. The summed E-state index contributed by atoms with van der Waals surface area (Å²) in [6.45, 7) is 6.83. The highest BCUT2D eigenvalue weighted by Gasteiger charge is 2.52. The molecule has 11 heteroatoms. The summed E-state index contributed by atoms with van der Waals surface area (Å²) >= 11 is 0. The Hall–Kier alpha value is -3.60. The highest BCUT2D eigenvalue weighted by Crippen LogP contribution is 2.47. The number of aliphatic carboxylic acids is 1. The average molecular weight is 576 g/mol. The number of urea groups is 1. The van der Waals surface area contributed by atoms with Crippen LogP contribution in [0.1, 0.15) is 67.9 Å².